The van der Waals surface area contributed by atoms with Crippen LogP contribution in [0.2, 0.25) is 0 Å². The number of amides is 1. The fraction of sp³-hybridized carbons (Fsp3) is 0.545. The molecule has 3 nitrogen and oxygen atoms in total. The molecule has 1 aliphatic rings. The van der Waals surface area contributed by atoms with E-state index >= 15 is 0 Å². The Morgan fingerprint density at radius 3 is 3.00 bits per heavy atom. The van der Waals surface area contributed by atoms with Crippen LogP contribution in [0.5, 0.6) is 0 Å². The Balaban J connectivity index is 0.00000144. The highest BCUT2D eigenvalue weighted by molar-refractivity contribution is 9.10. The Bertz CT molecular complexity index is 366. The average Bonchev–Trinajstić information content (AvgIpc) is 2.73. The van der Waals surface area contributed by atoms with Crippen LogP contribution in [0, 0.1) is 0 Å². The van der Waals surface area contributed by atoms with Gasteiger partial charge in [-0.3, -0.25) is 4.79 Å². The van der Waals surface area contributed by atoms with Gasteiger partial charge >= 0.3 is 0 Å². The molecule has 0 aromatic carbocycles. The maximum absolute atomic E-state index is 11.8. The van der Waals surface area contributed by atoms with Crippen molar-refractivity contribution in [3.63, 3.8) is 0 Å². The van der Waals surface area contributed by atoms with Crippen LogP contribution in [0.25, 0.3) is 0 Å². The van der Waals surface area contributed by atoms with E-state index in [4.69, 9.17) is 0 Å². The van der Waals surface area contributed by atoms with E-state index in [2.05, 4.69) is 26.6 Å². The first-order chi connectivity index (χ1) is 7.77. The molecular weight excluding hydrogens is 324 g/mol. The van der Waals surface area contributed by atoms with Crippen molar-refractivity contribution in [2.75, 3.05) is 6.54 Å². The zero-order chi connectivity index (χ0) is 11.4. The van der Waals surface area contributed by atoms with E-state index in [9.17, 15) is 4.79 Å². The van der Waals surface area contributed by atoms with Crippen molar-refractivity contribution >= 4 is 45.6 Å². The van der Waals surface area contributed by atoms with Gasteiger partial charge in [0.25, 0.3) is 0 Å². The Labute approximate surface area is 120 Å². The second-order valence-electron chi connectivity index (χ2n) is 3.91. The number of hydrogen-bond donors (Lipinski definition) is 2. The SMILES string of the molecule is Cl.O=C(NCc1sccc1Br)[C@@H]1CCCCN1. The fourth-order valence-corrected chi connectivity index (χ4v) is 3.25. The predicted molar refractivity (Wildman–Crippen MR) is 76.8 cm³/mol. The van der Waals surface area contributed by atoms with Crippen molar-refractivity contribution in [2.24, 2.45) is 0 Å². The molecule has 0 unspecified atom stereocenters. The molecule has 0 aliphatic carbocycles. The Hall–Kier alpha value is -0.100. The van der Waals surface area contributed by atoms with Gasteiger partial charge in [-0.25, -0.2) is 0 Å². The molecule has 0 radical (unpaired) electrons. The highest BCUT2D eigenvalue weighted by Crippen LogP contribution is 2.22. The quantitative estimate of drug-likeness (QED) is 0.889. The van der Waals surface area contributed by atoms with Crippen LogP contribution >= 0.6 is 39.7 Å². The predicted octanol–water partition coefficient (Wildman–Crippen LogP) is 2.69. The summed E-state index contributed by atoms with van der Waals surface area (Å²) in [6.45, 7) is 1.58. The van der Waals surface area contributed by atoms with Crippen molar-refractivity contribution in [2.45, 2.75) is 31.8 Å². The third-order valence-electron chi connectivity index (χ3n) is 2.74. The normalized spacial score (nSPS) is 19.5. The minimum Gasteiger partial charge on any atom is -0.350 e. The largest absolute Gasteiger partial charge is 0.350 e. The molecule has 2 rings (SSSR count). The number of piperidine rings is 1. The van der Waals surface area contributed by atoms with Crippen LogP contribution in [0.1, 0.15) is 24.1 Å². The summed E-state index contributed by atoms with van der Waals surface area (Å²) in [5.41, 5.74) is 0. The highest BCUT2D eigenvalue weighted by atomic mass is 79.9. The van der Waals surface area contributed by atoms with Gasteiger partial charge in [0.15, 0.2) is 0 Å². The number of carbonyl (C=O) groups excluding carboxylic acids is 1. The summed E-state index contributed by atoms with van der Waals surface area (Å²) in [5.74, 6) is 0.125. The summed E-state index contributed by atoms with van der Waals surface area (Å²) in [4.78, 5) is 13.0. The monoisotopic (exact) mass is 338 g/mol. The van der Waals surface area contributed by atoms with E-state index in [1.54, 1.807) is 11.3 Å². The molecule has 1 saturated heterocycles. The Kier molecular flexibility index (Phi) is 6.48. The van der Waals surface area contributed by atoms with E-state index < -0.39 is 0 Å². The van der Waals surface area contributed by atoms with Gasteiger partial charge in [0, 0.05) is 9.35 Å². The molecule has 17 heavy (non-hydrogen) atoms. The lowest BCUT2D eigenvalue weighted by Gasteiger charge is -2.22. The first kappa shape index (κ1) is 15.0. The minimum atomic E-state index is 0. The summed E-state index contributed by atoms with van der Waals surface area (Å²) < 4.78 is 1.08. The van der Waals surface area contributed by atoms with Crippen LogP contribution in [-0.2, 0) is 11.3 Å². The molecule has 0 bridgehead atoms. The Morgan fingerprint density at radius 1 is 1.59 bits per heavy atom. The molecule has 1 fully saturated rings. The number of thiophene rings is 1. The van der Waals surface area contributed by atoms with Gasteiger partial charge in [0.2, 0.25) is 5.91 Å². The van der Waals surface area contributed by atoms with E-state index in [-0.39, 0.29) is 24.4 Å². The number of nitrogens with one attached hydrogen (secondary N) is 2. The third kappa shape index (κ3) is 4.25. The molecular formula is C11H16BrClN2OS. The van der Waals surface area contributed by atoms with E-state index in [0.717, 1.165) is 23.9 Å². The summed E-state index contributed by atoms with van der Waals surface area (Å²) in [6.07, 6.45) is 3.28. The molecule has 1 aromatic rings. The third-order valence-corrected chi connectivity index (χ3v) is 4.67. The maximum atomic E-state index is 11.8. The molecule has 6 heteroatoms. The lowest BCUT2D eigenvalue weighted by atomic mass is 10.0. The standard InChI is InChI=1S/C11H15BrN2OS.ClH/c12-8-4-6-16-10(8)7-14-11(15)9-3-1-2-5-13-9;/h4,6,9,13H,1-3,5,7H2,(H,14,15);1H/t9-;/m0./s1. The van der Waals surface area contributed by atoms with Crippen molar-refractivity contribution in [3.8, 4) is 0 Å². The lowest BCUT2D eigenvalue weighted by Crippen LogP contribution is -2.46. The van der Waals surface area contributed by atoms with Gasteiger partial charge in [0.1, 0.15) is 0 Å². The van der Waals surface area contributed by atoms with Crippen molar-refractivity contribution in [1.29, 1.82) is 0 Å². The molecule has 0 saturated carbocycles. The highest BCUT2D eigenvalue weighted by Gasteiger charge is 2.20. The number of carbonyl (C=O) groups is 1. The van der Waals surface area contributed by atoms with Gasteiger partial charge in [-0.1, -0.05) is 6.42 Å². The number of hydrogen-bond acceptors (Lipinski definition) is 3. The smallest absolute Gasteiger partial charge is 0.237 e. The van der Waals surface area contributed by atoms with E-state index in [1.807, 2.05) is 11.4 Å². The average molecular weight is 340 g/mol. The van der Waals surface area contributed by atoms with Gasteiger partial charge < -0.3 is 10.6 Å². The molecule has 1 aliphatic heterocycles. The summed E-state index contributed by atoms with van der Waals surface area (Å²) in [5, 5.41) is 8.24. The summed E-state index contributed by atoms with van der Waals surface area (Å²) >= 11 is 5.11. The molecule has 1 atom stereocenters. The van der Waals surface area contributed by atoms with Crippen LogP contribution in [0.3, 0.4) is 0 Å². The summed E-state index contributed by atoms with van der Waals surface area (Å²) in [7, 11) is 0. The minimum absolute atomic E-state index is 0. The Morgan fingerprint density at radius 2 is 2.41 bits per heavy atom. The first-order valence-electron chi connectivity index (χ1n) is 5.50. The van der Waals surface area contributed by atoms with Crippen LogP contribution in [-0.4, -0.2) is 18.5 Å². The fourth-order valence-electron chi connectivity index (χ4n) is 1.82. The van der Waals surface area contributed by atoms with Gasteiger partial charge in [-0.2, -0.15) is 0 Å². The van der Waals surface area contributed by atoms with Gasteiger partial charge in [0.05, 0.1) is 12.6 Å². The molecule has 1 aromatic heterocycles. The topological polar surface area (TPSA) is 41.1 Å². The van der Waals surface area contributed by atoms with Crippen LogP contribution < -0.4 is 10.6 Å². The number of rotatable bonds is 3. The first-order valence-corrected chi connectivity index (χ1v) is 7.17. The molecule has 1 amide bonds. The van der Waals surface area contributed by atoms with E-state index in [1.165, 1.54) is 11.3 Å². The van der Waals surface area contributed by atoms with E-state index in [0.29, 0.717) is 6.54 Å². The molecule has 2 heterocycles. The number of halogens is 2. The maximum Gasteiger partial charge on any atom is 0.237 e. The zero-order valence-corrected chi connectivity index (χ0v) is 12.6. The van der Waals surface area contributed by atoms with Crippen molar-refractivity contribution < 1.29 is 4.79 Å². The van der Waals surface area contributed by atoms with Gasteiger partial charge in [-0.05, 0) is 46.8 Å². The second kappa shape index (κ2) is 7.36. The van der Waals surface area contributed by atoms with Crippen molar-refractivity contribution in [1.82, 2.24) is 10.6 Å². The van der Waals surface area contributed by atoms with Crippen molar-refractivity contribution in [3.05, 3.63) is 20.8 Å². The second-order valence-corrected chi connectivity index (χ2v) is 5.77. The molecule has 2 N–H and O–H groups in total. The van der Waals surface area contributed by atoms with Crippen LogP contribution in [0.15, 0.2) is 15.9 Å². The lowest BCUT2D eigenvalue weighted by molar-refractivity contribution is -0.123. The molecule has 96 valence electrons. The molecule has 0 spiro atoms. The summed E-state index contributed by atoms with van der Waals surface area (Å²) in [6, 6.07) is 2.01. The van der Waals surface area contributed by atoms with Gasteiger partial charge in [-0.15, -0.1) is 23.7 Å². The van der Waals surface area contributed by atoms with Crippen LogP contribution in [0.4, 0.5) is 0 Å². The zero-order valence-electron chi connectivity index (χ0n) is 9.37.